The van der Waals surface area contributed by atoms with E-state index in [0.29, 0.717) is 36.8 Å². The van der Waals surface area contributed by atoms with Gasteiger partial charge in [-0.15, -0.1) is 0 Å². The number of amides is 1. The maximum atomic E-state index is 12.0. The Labute approximate surface area is 230 Å². The van der Waals surface area contributed by atoms with Crippen molar-refractivity contribution in [2.45, 2.75) is 38.8 Å². The highest BCUT2D eigenvalue weighted by Gasteiger charge is 2.14. The summed E-state index contributed by atoms with van der Waals surface area (Å²) in [5.41, 5.74) is 8.84. The number of pyridine rings is 1. The molecule has 1 aromatic heterocycles. The number of allylic oxidation sites excluding steroid dienone is 1. The number of aliphatic imine (C=N–C) groups is 1. The van der Waals surface area contributed by atoms with Gasteiger partial charge in [-0.3, -0.25) is 9.79 Å². The topological polar surface area (TPSA) is 170 Å². The predicted molar refractivity (Wildman–Crippen MR) is 159 cm³/mol. The van der Waals surface area contributed by atoms with Gasteiger partial charge < -0.3 is 42.3 Å². The molecular weight excluding hydrogens is 496 g/mol. The van der Waals surface area contributed by atoms with Gasteiger partial charge in [0.1, 0.15) is 24.3 Å². The molecule has 0 aliphatic heterocycles. The molecule has 1 atom stereocenters. The van der Waals surface area contributed by atoms with Crippen molar-refractivity contribution in [3.63, 3.8) is 0 Å². The Kier molecular flexibility index (Phi) is 13.5. The number of rotatable bonds is 17. The van der Waals surface area contributed by atoms with Gasteiger partial charge in [0.15, 0.2) is 0 Å². The number of nitrogens with two attached hydrogens (primary N) is 1. The van der Waals surface area contributed by atoms with E-state index in [2.05, 4.69) is 26.3 Å². The minimum absolute atomic E-state index is 0.118. The van der Waals surface area contributed by atoms with Crippen LogP contribution in [0.2, 0.25) is 0 Å². The molecule has 1 aromatic carbocycles. The fourth-order valence-corrected chi connectivity index (χ4v) is 3.62. The number of aliphatic hydroxyl groups excluding tert-OH is 1. The zero-order valence-corrected chi connectivity index (χ0v) is 23.3. The van der Waals surface area contributed by atoms with Crippen LogP contribution in [0.1, 0.15) is 32.3 Å². The van der Waals surface area contributed by atoms with E-state index in [4.69, 9.17) is 20.9 Å². The second-order valence-electron chi connectivity index (χ2n) is 9.23. The van der Waals surface area contributed by atoms with Crippen LogP contribution in [0.3, 0.4) is 0 Å². The Bertz CT molecular complexity index is 1130. The maximum Gasteiger partial charge on any atom is 0.267 e. The van der Waals surface area contributed by atoms with E-state index >= 15 is 0 Å². The number of carbonyl (C=O) groups excluding carboxylic acids is 1. The van der Waals surface area contributed by atoms with E-state index in [1.807, 2.05) is 44.2 Å². The number of hydrogen-bond acceptors (Lipinski definition) is 10. The number of aromatic nitrogens is 1. The monoisotopic (exact) mass is 538 g/mol. The zero-order valence-electron chi connectivity index (χ0n) is 23.3. The molecule has 11 heteroatoms. The number of benzene rings is 1. The summed E-state index contributed by atoms with van der Waals surface area (Å²) in [5.74, 6) is 0.925. The molecule has 39 heavy (non-hydrogen) atoms. The second kappa shape index (κ2) is 16.8. The second-order valence-corrected chi connectivity index (χ2v) is 9.23. The van der Waals surface area contributed by atoms with Crippen molar-refractivity contribution in [3.8, 4) is 17.0 Å². The van der Waals surface area contributed by atoms with E-state index < -0.39 is 6.10 Å². The van der Waals surface area contributed by atoms with Crippen LogP contribution in [0, 0.1) is 5.41 Å². The van der Waals surface area contributed by atoms with Crippen molar-refractivity contribution in [3.05, 3.63) is 47.7 Å². The van der Waals surface area contributed by atoms with Gasteiger partial charge in [-0.1, -0.05) is 12.1 Å². The lowest BCUT2D eigenvalue weighted by Gasteiger charge is -2.18. The molecule has 1 amide bonds. The standard InChI is InChI=1S/C28H42N8O3/c1-19(2)35-27-23(16-29)26(33-11-5-6-12-34-28(38)24(30)10-13-31-3)15-25(36-27)20-8-7-9-22(14-20)39-18-21(37)17-32-4/h7-10,13-16,19,21,29,32,37H,5-6,11-12,17-18,30H2,1-4H3,(H,34,38)(H2,33,35,36). The summed E-state index contributed by atoms with van der Waals surface area (Å²) in [5, 5.41) is 30.5. The first-order valence-electron chi connectivity index (χ1n) is 13.1. The van der Waals surface area contributed by atoms with Crippen molar-refractivity contribution < 1.29 is 14.6 Å². The van der Waals surface area contributed by atoms with Crippen molar-refractivity contribution in [1.82, 2.24) is 15.6 Å². The smallest absolute Gasteiger partial charge is 0.267 e. The van der Waals surface area contributed by atoms with E-state index in [0.717, 1.165) is 29.8 Å². The Hall–Kier alpha value is -3.96. The summed E-state index contributed by atoms with van der Waals surface area (Å²) >= 11 is 0. The number of hydrogen-bond donors (Lipinski definition) is 7. The third kappa shape index (κ3) is 10.7. The van der Waals surface area contributed by atoms with Gasteiger partial charge in [-0.2, -0.15) is 0 Å². The van der Waals surface area contributed by atoms with Crippen molar-refractivity contribution in [1.29, 1.82) is 5.41 Å². The lowest BCUT2D eigenvalue weighted by atomic mass is 10.1. The summed E-state index contributed by atoms with van der Waals surface area (Å²) in [6.07, 6.45) is 5.17. The van der Waals surface area contributed by atoms with E-state index in [1.165, 1.54) is 18.5 Å². The van der Waals surface area contributed by atoms with Crippen molar-refractivity contribution in [2.75, 3.05) is 51.0 Å². The van der Waals surface area contributed by atoms with Gasteiger partial charge >= 0.3 is 0 Å². The van der Waals surface area contributed by atoms with Crippen molar-refractivity contribution >= 4 is 29.8 Å². The molecule has 2 aromatic rings. The van der Waals surface area contributed by atoms with Crippen LogP contribution in [0.15, 0.2) is 47.1 Å². The van der Waals surface area contributed by atoms with Gasteiger partial charge in [0.2, 0.25) is 0 Å². The fourth-order valence-electron chi connectivity index (χ4n) is 3.62. The van der Waals surface area contributed by atoms with Crippen LogP contribution >= 0.6 is 0 Å². The first kappa shape index (κ1) is 31.3. The molecule has 1 heterocycles. The minimum atomic E-state index is -0.612. The molecule has 0 saturated carbocycles. The van der Waals surface area contributed by atoms with E-state index in [-0.39, 0.29) is 24.3 Å². The molecule has 212 valence electrons. The Morgan fingerprint density at radius 1 is 1.26 bits per heavy atom. The summed E-state index contributed by atoms with van der Waals surface area (Å²) in [4.78, 5) is 20.6. The molecule has 0 bridgehead atoms. The van der Waals surface area contributed by atoms with Crippen molar-refractivity contribution in [2.24, 2.45) is 10.7 Å². The third-order valence-corrected chi connectivity index (χ3v) is 5.51. The summed E-state index contributed by atoms with van der Waals surface area (Å²) in [6.45, 7) is 5.79. The lowest BCUT2D eigenvalue weighted by molar-refractivity contribution is -0.117. The Balaban J connectivity index is 2.13. The maximum absolute atomic E-state index is 12.0. The number of nitrogens with one attached hydrogen (secondary N) is 5. The number of carbonyl (C=O) groups is 1. The van der Waals surface area contributed by atoms with Crippen LogP contribution in [-0.2, 0) is 4.79 Å². The van der Waals surface area contributed by atoms with Gasteiger partial charge in [0.25, 0.3) is 5.91 Å². The molecule has 0 spiro atoms. The number of aliphatic hydroxyl groups is 1. The van der Waals surface area contributed by atoms with Gasteiger partial charge in [-0.25, -0.2) is 4.98 Å². The average Bonchev–Trinajstić information content (AvgIpc) is 2.92. The quantitative estimate of drug-likeness (QED) is 0.0914. The molecule has 8 N–H and O–H groups in total. The predicted octanol–water partition coefficient (Wildman–Crippen LogP) is 2.38. The van der Waals surface area contributed by atoms with Crippen LogP contribution < -0.4 is 31.7 Å². The molecule has 2 rings (SSSR count). The van der Waals surface area contributed by atoms with Crippen LogP contribution in [0.5, 0.6) is 5.75 Å². The molecule has 0 saturated heterocycles. The largest absolute Gasteiger partial charge is 0.491 e. The highest BCUT2D eigenvalue weighted by atomic mass is 16.5. The molecule has 0 aliphatic carbocycles. The van der Waals surface area contributed by atoms with Gasteiger partial charge in [-0.05, 0) is 58.0 Å². The van der Waals surface area contributed by atoms with E-state index in [9.17, 15) is 9.90 Å². The van der Waals surface area contributed by atoms with Crippen LogP contribution in [0.25, 0.3) is 11.3 Å². The summed E-state index contributed by atoms with van der Waals surface area (Å²) < 4.78 is 5.77. The summed E-state index contributed by atoms with van der Waals surface area (Å²) in [6, 6.07) is 9.60. The zero-order chi connectivity index (χ0) is 28.6. The average molecular weight is 539 g/mol. The highest BCUT2D eigenvalue weighted by Crippen LogP contribution is 2.30. The van der Waals surface area contributed by atoms with E-state index in [1.54, 1.807) is 14.1 Å². The molecule has 0 radical (unpaired) electrons. The first-order chi connectivity index (χ1) is 18.8. The highest BCUT2D eigenvalue weighted by molar-refractivity contribution is 5.96. The molecule has 1 unspecified atom stereocenters. The Morgan fingerprint density at radius 3 is 2.72 bits per heavy atom. The van der Waals surface area contributed by atoms with Crippen LogP contribution in [-0.4, -0.2) is 80.9 Å². The SMILES string of the molecule is CN=CC=C(N)C(=O)NCCCCNc1cc(-c2cccc(OCC(O)CNC)c2)nc(NC(C)C)c1C=N. The summed E-state index contributed by atoms with van der Waals surface area (Å²) in [7, 11) is 3.39. The molecule has 0 aliphatic rings. The minimum Gasteiger partial charge on any atom is -0.491 e. The molecule has 11 nitrogen and oxygen atoms in total. The Morgan fingerprint density at radius 2 is 2.03 bits per heavy atom. The fraction of sp³-hybridized carbons (Fsp3) is 0.429. The number of ether oxygens (including phenoxy) is 1. The number of likely N-dealkylation sites (N-methyl/N-ethyl adjacent to an activating group) is 1. The number of unbranched alkanes of at least 4 members (excludes halogenated alkanes) is 1. The molecule has 0 fully saturated rings. The normalized spacial score (nSPS) is 12.4. The lowest BCUT2D eigenvalue weighted by Crippen LogP contribution is -2.29. The number of nitrogens with zero attached hydrogens (tertiary/aromatic N) is 2. The van der Waals surface area contributed by atoms with Crippen LogP contribution in [0.4, 0.5) is 11.5 Å². The third-order valence-electron chi connectivity index (χ3n) is 5.51. The molecular formula is C28H42N8O3. The number of anilines is 2. The van der Waals surface area contributed by atoms with Gasteiger partial charge in [0.05, 0.1) is 17.0 Å². The van der Waals surface area contributed by atoms with Gasteiger partial charge in [0, 0.05) is 56.4 Å². The first-order valence-corrected chi connectivity index (χ1v) is 13.1.